The van der Waals surface area contributed by atoms with E-state index in [4.69, 9.17) is 19.3 Å². The molecule has 1 saturated carbocycles. The topological polar surface area (TPSA) is 84.4 Å². The number of hydrogen-bond donors (Lipinski definition) is 1. The van der Waals surface area contributed by atoms with Gasteiger partial charge in [-0.05, 0) is 41.4 Å². The molecule has 0 aromatic carbocycles. The molecular weight excluding hydrogens is 466 g/mol. The Morgan fingerprint density at radius 1 is 1.16 bits per heavy atom. The number of carbonyl (C=O) groups is 1. The summed E-state index contributed by atoms with van der Waals surface area (Å²) in [7, 11) is 0. The molecule has 2 saturated heterocycles. The number of halogens is 1. The second kappa shape index (κ2) is 10.6. The van der Waals surface area contributed by atoms with Crippen molar-refractivity contribution in [3.8, 4) is 17.7 Å². The summed E-state index contributed by atoms with van der Waals surface area (Å²) in [5.74, 6) is 6.96. The molecule has 8 nitrogen and oxygen atoms in total. The summed E-state index contributed by atoms with van der Waals surface area (Å²) in [5, 5.41) is 8.90. The van der Waals surface area contributed by atoms with Gasteiger partial charge in [-0.2, -0.15) is 0 Å². The molecule has 31 heavy (non-hydrogen) atoms. The molecule has 168 valence electrons. The minimum atomic E-state index is -0.867. The van der Waals surface area contributed by atoms with E-state index in [2.05, 4.69) is 37.7 Å². The quantitative estimate of drug-likeness (QED) is 0.584. The lowest BCUT2D eigenvalue weighted by molar-refractivity contribution is -0.100. The predicted molar refractivity (Wildman–Crippen MR) is 117 cm³/mol. The highest BCUT2D eigenvalue weighted by atomic mass is 79.9. The molecule has 1 aliphatic carbocycles. The van der Waals surface area contributed by atoms with E-state index in [1.54, 1.807) is 6.20 Å². The highest BCUT2D eigenvalue weighted by molar-refractivity contribution is 9.10. The third-order valence-electron chi connectivity index (χ3n) is 5.82. The van der Waals surface area contributed by atoms with Crippen LogP contribution < -0.4 is 4.74 Å². The summed E-state index contributed by atoms with van der Waals surface area (Å²) in [4.78, 5) is 18.7. The molecular formula is C22H28BrN3O5. The second-order valence-corrected chi connectivity index (χ2v) is 9.17. The Bertz CT molecular complexity index is 800. The first-order chi connectivity index (χ1) is 15.0. The highest BCUT2D eigenvalue weighted by Gasteiger charge is 2.34. The molecule has 1 atom stereocenters. The standard InChI is InChI=1S/C22H28BrN3O5/c23-16-5-6-21(24-12-16)31-19-10-18(11-19)29-9-2-1-7-25-8-3-4-17(13-25)30-20-14-26(15-20)22(27)28/h5-6,12,17-20H,3-4,7-11,13-15H2,(H,27,28). The molecule has 1 N–H and O–H groups in total. The number of ether oxygens (including phenoxy) is 3. The maximum absolute atomic E-state index is 10.8. The molecule has 3 aliphatic rings. The van der Waals surface area contributed by atoms with Gasteiger partial charge in [0.25, 0.3) is 0 Å². The van der Waals surface area contributed by atoms with Crippen LogP contribution >= 0.6 is 15.9 Å². The number of nitrogens with zero attached hydrogens (tertiary/aromatic N) is 3. The van der Waals surface area contributed by atoms with Gasteiger partial charge in [0, 0.05) is 36.1 Å². The monoisotopic (exact) mass is 493 g/mol. The summed E-state index contributed by atoms with van der Waals surface area (Å²) in [6.45, 7) is 3.98. The molecule has 1 aromatic heterocycles. The number of amides is 1. The van der Waals surface area contributed by atoms with E-state index < -0.39 is 6.09 Å². The molecule has 3 fully saturated rings. The number of likely N-dealkylation sites (tertiary alicyclic amines) is 2. The van der Waals surface area contributed by atoms with Crippen LogP contribution in [0, 0.1) is 11.8 Å². The molecule has 2 aliphatic heterocycles. The average molecular weight is 494 g/mol. The summed E-state index contributed by atoms with van der Waals surface area (Å²) >= 11 is 3.36. The minimum absolute atomic E-state index is 0.0374. The van der Waals surface area contributed by atoms with E-state index >= 15 is 0 Å². The number of rotatable bonds is 7. The smallest absolute Gasteiger partial charge is 0.407 e. The van der Waals surface area contributed by atoms with E-state index in [9.17, 15) is 4.79 Å². The van der Waals surface area contributed by atoms with E-state index in [-0.39, 0.29) is 24.4 Å². The van der Waals surface area contributed by atoms with E-state index in [0.29, 0.717) is 32.1 Å². The van der Waals surface area contributed by atoms with Crippen LogP contribution in [0.5, 0.6) is 5.88 Å². The zero-order valence-electron chi connectivity index (χ0n) is 17.4. The summed E-state index contributed by atoms with van der Waals surface area (Å²) in [6, 6.07) is 3.78. The van der Waals surface area contributed by atoms with Gasteiger partial charge >= 0.3 is 6.09 Å². The van der Waals surface area contributed by atoms with Gasteiger partial charge in [-0.1, -0.05) is 11.8 Å². The van der Waals surface area contributed by atoms with E-state index in [1.807, 2.05) is 12.1 Å². The summed E-state index contributed by atoms with van der Waals surface area (Å²) < 4.78 is 18.6. The number of pyridine rings is 1. The molecule has 1 unspecified atom stereocenters. The number of aromatic nitrogens is 1. The first kappa shape index (κ1) is 22.3. The first-order valence-electron chi connectivity index (χ1n) is 10.8. The van der Waals surface area contributed by atoms with Gasteiger partial charge in [-0.25, -0.2) is 9.78 Å². The van der Waals surface area contributed by atoms with Crippen molar-refractivity contribution >= 4 is 22.0 Å². The highest BCUT2D eigenvalue weighted by Crippen LogP contribution is 2.27. The van der Waals surface area contributed by atoms with Crippen molar-refractivity contribution in [3.05, 3.63) is 22.8 Å². The lowest BCUT2D eigenvalue weighted by atomic mass is 9.92. The van der Waals surface area contributed by atoms with Gasteiger partial charge in [0.1, 0.15) is 12.7 Å². The van der Waals surface area contributed by atoms with Crippen LogP contribution in [0.15, 0.2) is 22.8 Å². The largest absolute Gasteiger partial charge is 0.474 e. The molecule has 0 bridgehead atoms. The minimum Gasteiger partial charge on any atom is -0.474 e. The Hall–Kier alpha value is -1.86. The second-order valence-electron chi connectivity index (χ2n) is 8.26. The zero-order chi connectivity index (χ0) is 21.6. The van der Waals surface area contributed by atoms with Crippen LogP contribution in [0.3, 0.4) is 0 Å². The summed E-state index contributed by atoms with van der Waals surface area (Å²) in [6.07, 6.45) is 5.27. The Morgan fingerprint density at radius 2 is 2.00 bits per heavy atom. The Labute approximate surface area is 191 Å². The van der Waals surface area contributed by atoms with Crippen LogP contribution in [0.25, 0.3) is 0 Å². The van der Waals surface area contributed by atoms with Gasteiger partial charge in [0.05, 0.1) is 37.9 Å². The predicted octanol–water partition coefficient (Wildman–Crippen LogP) is 2.62. The normalized spacial score (nSPS) is 26.4. The van der Waals surface area contributed by atoms with Crippen LogP contribution in [0.2, 0.25) is 0 Å². The summed E-state index contributed by atoms with van der Waals surface area (Å²) in [5.41, 5.74) is 0. The molecule has 9 heteroatoms. The van der Waals surface area contributed by atoms with Crippen LogP contribution in [-0.2, 0) is 9.47 Å². The van der Waals surface area contributed by atoms with Gasteiger partial charge in [0.2, 0.25) is 5.88 Å². The van der Waals surface area contributed by atoms with Crippen molar-refractivity contribution in [2.45, 2.75) is 50.1 Å². The van der Waals surface area contributed by atoms with E-state index in [0.717, 1.165) is 43.2 Å². The maximum Gasteiger partial charge on any atom is 0.407 e. The van der Waals surface area contributed by atoms with Crippen molar-refractivity contribution in [1.29, 1.82) is 0 Å². The Kier molecular flexibility index (Phi) is 7.67. The Morgan fingerprint density at radius 3 is 2.74 bits per heavy atom. The van der Waals surface area contributed by atoms with Gasteiger partial charge in [0.15, 0.2) is 0 Å². The SMILES string of the molecule is O=C(O)N1CC(OC2CCCN(CC#CCOC3CC(Oc4ccc(Br)cn4)C3)C2)C1. The van der Waals surface area contributed by atoms with Crippen molar-refractivity contribution in [1.82, 2.24) is 14.8 Å². The van der Waals surface area contributed by atoms with Gasteiger partial charge in [-0.3, -0.25) is 4.90 Å². The molecule has 0 radical (unpaired) electrons. The average Bonchev–Trinajstić information content (AvgIpc) is 2.69. The fourth-order valence-electron chi connectivity index (χ4n) is 3.95. The molecule has 0 spiro atoms. The fourth-order valence-corrected chi connectivity index (χ4v) is 4.19. The van der Waals surface area contributed by atoms with Gasteiger partial charge < -0.3 is 24.2 Å². The van der Waals surface area contributed by atoms with Crippen LogP contribution in [-0.4, -0.2) is 89.7 Å². The lowest BCUT2D eigenvalue weighted by Gasteiger charge is -2.41. The zero-order valence-corrected chi connectivity index (χ0v) is 19.0. The number of hydrogen-bond acceptors (Lipinski definition) is 6. The van der Waals surface area contributed by atoms with Crippen molar-refractivity contribution in [2.75, 3.05) is 39.3 Å². The van der Waals surface area contributed by atoms with Gasteiger partial charge in [-0.15, -0.1) is 0 Å². The Balaban J connectivity index is 1.06. The number of piperidine rings is 1. The third kappa shape index (κ3) is 6.56. The fraction of sp³-hybridized carbons (Fsp3) is 0.636. The van der Waals surface area contributed by atoms with Crippen molar-refractivity contribution in [3.63, 3.8) is 0 Å². The number of carboxylic acid groups (broad SMARTS) is 1. The lowest BCUT2D eigenvalue weighted by Crippen LogP contribution is -2.56. The molecule has 1 aromatic rings. The molecule has 1 amide bonds. The van der Waals surface area contributed by atoms with Crippen LogP contribution in [0.1, 0.15) is 25.7 Å². The molecule has 3 heterocycles. The maximum atomic E-state index is 10.8. The van der Waals surface area contributed by atoms with E-state index in [1.165, 1.54) is 4.90 Å². The van der Waals surface area contributed by atoms with Crippen molar-refractivity contribution < 1.29 is 24.1 Å². The molecule has 4 rings (SSSR count). The van der Waals surface area contributed by atoms with Crippen molar-refractivity contribution in [2.24, 2.45) is 0 Å². The first-order valence-corrected chi connectivity index (χ1v) is 11.6. The third-order valence-corrected chi connectivity index (χ3v) is 6.29. The van der Waals surface area contributed by atoms with Crippen LogP contribution in [0.4, 0.5) is 4.79 Å².